The Morgan fingerprint density at radius 2 is 1.24 bits per heavy atom. The fraction of sp³-hybridized carbons (Fsp3) is 0. The van der Waals surface area contributed by atoms with Gasteiger partial charge >= 0.3 is 0 Å². The maximum atomic E-state index is 11.8. The molecule has 3 aromatic rings. The van der Waals surface area contributed by atoms with Crippen molar-refractivity contribution >= 4 is 21.4 Å². The SMILES string of the molecule is Nc1ccc(Oc2ccc(-c3cc(N)ccc3S(N)(=O)=O)cc2)cc1. The topological polar surface area (TPSA) is 121 Å². The van der Waals surface area contributed by atoms with Crippen LogP contribution < -0.4 is 21.3 Å². The van der Waals surface area contributed by atoms with Gasteiger partial charge in [0.15, 0.2) is 0 Å². The van der Waals surface area contributed by atoms with E-state index in [2.05, 4.69) is 0 Å². The third-order valence-corrected chi connectivity index (χ3v) is 4.56. The van der Waals surface area contributed by atoms with Gasteiger partial charge in [-0.25, -0.2) is 13.6 Å². The van der Waals surface area contributed by atoms with E-state index in [9.17, 15) is 8.42 Å². The summed E-state index contributed by atoms with van der Waals surface area (Å²) in [6, 6.07) is 18.5. The molecule has 0 amide bonds. The average molecular weight is 355 g/mol. The monoisotopic (exact) mass is 355 g/mol. The Labute approximate surface area is 145 Å². The molecule has 0 atom stereocenters. The molecule has 3 aromatic carbocycles. The van der Waals surface area contributed by atoms with Gasteiger partial charge in [-0.05, 0) is 60.2 Å². The van der Waals surface area contributed by atoms with Gasteiger partial charge in [-0.15, -0.1) is 0 Å². The number of anilines is 2. The lowest BCUT2D eigenvalue weighted by molar-refractivity contribution is 0.483. The molecule has 0 heterocycles. The fourth-order valence-electron chi connectivity index (χ4n) is 2.40. The summed E-state index contributed by atoms with van der Waals surface area (Å²) >= 11 is 0. The van der Waals surface area contributed by atoms with E-state index in [-0.39, 0.29) is 4.90 Å². The highest BCUT2D eigenvalue weighted by atomic mass is 32.2. The molecule has 0 aliphatic rings. The molecule has 128 valence electrons. The van der Waals surface area contributed by atoms with Crippen LogP contribution in [0.1, 0.15) is 0 Å². The van der Waals surface area contributed by atoms with Crippen LogP contribution in [0.15, 0.2) is 71.6 Å². The molecule has 0 aromatic heterocycles. The third-order valence-electron chi connectivity index (χ3n) is 3.59. The van der Waals surface area contributed by atoms with E-state index in [1.807, 2.05) is 0 Å². The predicted molar refractivity (Wildman–Crippen MR) is 98.6 cm³/mol. The normalized spacial score (nSPS) is 11.2. The van der Waals surface area contributed by atoms with Crippen LogP contribution in [0.3, 0.4) is 0 Å². The molecule has 0 aliphatic carbocycles. The van der Waals surface area contributed by atoms with Gasteiger partial charge in [0.1, 0.15) is 11.5 Å². The zero-order chi connectivity index (χ0) is 18.0. The van der Waals surface area contributed by atoms with E-state index < -0.39 is 10.0 Å². The van der Waals surface area contributed by atoms with Gasteiger partial charge in [0.25, 0.3) is 0 Å². The van der Waals surface area contributed by atoms with E-state index in [4.69, 9.17) is 21.3 Å². The van der Waals surface area contributed by atoms with Crippen LogP contribution in [-0.4, -0.2) is 8.42 Å². The predicted octanol–water partition coefficient (Wildman–Crippen LogP) is 2.96. The summed E-state index contributed by atoms with van der Waals surface area (Å²) in [5, 5.41) is 5.29. The first-order chi connectivity index (χ1) is 11.8. The highest BCUT2D eigenvalue weighted by Crippen LogP contribution is 2.31. The molecule has 6 nitrogen and oxygen atoms in total. The second-order valence-corrected chi connectivity index (χ2v) is 7.03. The zero-order valence-corrected chi connectivity index (χ0v) is 14.0. The minimum absolute atomic E-state index is 0.0221. The van der Waals surface area contributed by atoms with Crippen molar-refractivity contribution in [2.24, 2.45) is 5.14 Å². The van der Waals surface area contributed by atoms with Crippen LogP contribution in [0.2, 0.25) is 0 Å². The summed E-state index contributed by atoms with van der Waals surface area (Å²) < 4.78 is 29.3. The molecule has 25 heavy (non-hydrogen) atoms. The maximum Gasteiger partial charge on any atom is 0.238 e. The van der Waals surface area contributed by atoms with Crippen molar-refractivity contribution < 1.29 is 13.2 Å². The minimum atomic E-state index is -3.86. The quantitative estimate of drug-likeness (QED) is 0.621. The molecule has 0 saturated heterocycles. The number of hydrogen-bond acceptors (Lipinski definition) is 5. The number of nitrogen functional groups attached to an aromatic ring is 2. The second-order valence-electron chi connectivity index (χ2n) is 5.50. The van der Waals surface area contributed by atoms with Crippen molar-refractivity contribution in [1.82, 2.24) is 0 Å². The van der Waals surface area contributed by atoms with E-state index in [0.29, 0.717) is 34.0 Å². The van der Waals surface area contributed by atoms with Crippen LogP contribution in [0.25, 0.3) is 11.1 Å². The first-order valence-corrected chi connectivity index (χ1v) is 8.94. The van der Waals surface area contributed by atoms with Crippen molar-refractivity contribution in [3.63, 3.8) is 0 Å². The summed E-state index contributed by atoms with van der Waals surface area (Å²) in [7, 11) is -3.86. The molecule has 0 saturated carbocycles. The lowest BCUT2D eigenvalue weighted by Gasteiger charge is -2.11. The van der Waals surface area contributed by atoms with Gasteiger partial charge in [0, 0.05) is 16.9 Å². The van der Waals surface area contributed by atoms with Gasteiger partial charge in [-0.1, -0.05) is 12.1 Å². The van der Waals surface area contributed by atoms with Crippen molar-refractivity contribution in [2.45, 2.75) is 4.90 Å². The van der Waals surface area contributed by atoms with Crippen LogP contribution in [0.4, 0.5) is 11.4 Å². The van der Waals surface area contributed by atoms with Crippen LogP contribution in [0, 0.1) is 0 Å². The Morgan fingerprint density at radius 3 is 1.80 bits per heavy atom. The molecule has 0 bridgehead atoms. The number of nitrogens with two attached hydrogens (primary N) is 3. The van der Waals surface area contributed by atoms with Crippen molar-refractivity contribution in [2.75, 3.05) is 11.5 Å². The lowest BCUT2D eigenvalue weighted by atomic mass is 10.0. The van der Waals surface area contributed by atoms with Gasteiger partial charge < -0.3 is 16.2 Å². The smallest absolute Gasteiger partial charge is 0.238 e. The Hall–Kier alpha value is -3.03. The molecule has 6 N–H and O–H groups in total. The second kappa shape index (κ2) is 6.46. The Kier molecular flexibility index (Phi) is 4.35. The van der Waals surface area contributed by atoms with Gasteiger partial charge in [-0.2, -0.15) is 0 Å². The van der Waals surface area contributed by atoms with Gasteiger partial charge in [0.2, 0.25) is 10.0 Å². The number of rotatable bonds is 4. The van der Waals surface area contributed by atoms with E-state index >= 15 is 0 Å². The minimum Gasteiger partial charge on any atom is -0.457 e. The first-order valence-electron chi connectivity index (χ1n) is 7.39. The molecule has 0 unspecified atom stereocenters. The molecule has 0 aliphatic heterocycles. The fourth-order valence-corrected chi connectivity index (χ4v) is 3.14. The van der Waals surface area contributed by atoms with Crippen molar-refractivity contribution in [1.29, 1.82) is 0 Å². The van der Waals surface area contributed by atoms with E-state index in [0.717, 1.165) is 0 Å². The number of hydrogen-bond donors (Lipinski definition) is 3. The Balaban J connectivity index is 1.93. The zero-order valence-electron chi connectivity index (χ0n) is 13.2. The molecule has 0 radical (unpaired) electrons. The standard InChI is InChI=1S/C18H17N3O3S/c19-13-3-8-16(9-4-13)24-15-6-1-12(2-7-15)17-11-14(20)5-10-18(17)25(21,22)23/h1-11H,19-20H2,(H2,21,22,23). The number of ether oxygens (including phenoxy) is 1. The summed E-state index contributed by atoms with van der Waals surface area (Å²) in [4.78, 5) is 0.0221. The number of benzene rings is 3. The Bertz CT molecular complexity index is 999. The molecule has 3 rings (SSSR count). The highest BCUT2D eigenvalue weighted by Gasteiger charge is 2.15. The maximum absolute atomic E-state index is 11.8. The van der Waals surface area contributed by atoms with Crippen LogP contribution in [-0.2, 0) is 10.0 Å². The molecular formula is C18H17N3O3S. The summed E-state index contributed by atoms with van der Waals surface area (Å²) in [6.45, 7) is 0. The van der Waals surface area contributed by atoms with Crippen molar-refractivity contribution in [3.05, 3.63) is 66.7 Å². The number of sulfonamides is 1. The average Bonchev–Trinajstić information content (AvgIpc) is 2.56. The van der Waals surface area contributed by atoms with Gasteiger partial charge in [0.05, 0.1) is 4.90 Å². The summed E-state index contributed by atoms with van der Waals surface area (Å²) in [6.07, 6.45) is 0. The van der Waals surface area contributed by atoms with Crippen LogP contribution >= 0.6 is 0 Å². The molecular weight excluding hydrogens is 338 g/mol. The number of primary sulfonamides is 1. The first kappa shape index (κ1) is 16.8. The highest BCUT2D eigenvalue weighted by molar-refractivity contribution is 7.89. The molecule has 0 spiro atoms. The lowest BCUT2D eigenvalue weighted by Crippen LogP contribution is -2.13. The largest absolute Gasteiger partial charge is 0.457 e. The van der Waals surface area contributed by atoms with Crippen LogP contribution in [0.5, 0.6) is 11.5 Å². The molecule has 7 heteroatoms. The molecule has 0 fully saturated rings. The summed E-state index contributed by atoms with van der Waals surface area (Å²) in [5.74, 6) is 1.26. The van der Waals surface area contributed by atoms with E-state index in [1.165, 1.54) is 12.1 Å². The third kappa shape index (κ3) is 3.90. The van der Waals surface area contributed by atoms with Gasteiger partial charge in [-0.3, -0.25) is 0 Å². The summed E-state index contributed by atoms with van der Waals surface area (Å²) in [5.41, 5.74) is 13.6. The van der Waals surface area contributed by atoms with E-state index in [1.54, 1.807) is 54.6 Å². The van der Waals surface area contributed by atoms with Crippen molar-refractivity contribution in [3.8, 4) is 22.6 Å². The Morgan fingerprint density at radius 1 is 0.720 bits per heavy atom.